The second-order valence-electron chi connectivity index (χ2n) is 0.513. The Balaban J connectivity index is -0.0000000800. The van der Waals surface area contributed by atoms with E-state index in [1.807, 2.05) is 0 Å². The molecule has 0 saturated carbocycles. The Hall–Kier alpha value is 0.520. The average molecular weight is 199 g/mol. The summed E-state index contributed by atoms with van der Waals surface area (Å²) in [6.07, 6.45) is 0. The highest BCUT2D eigenvalue weighted by Crippen LogP contribution is 2.25. The third-order valence-corrected chi connectivity index (χ3v) is 0. The van der Waals surface area contributed by atoms with E-state index in [0.717, 1.165) is 0 Å². The highest BCUT2D eigenvalue weighted by molar-refractivity contribution is 8.93. The van der Waals surface area contributed by atoms with E-state index >= 15 is 0 Å². The van der Waals surface area contributed by atoms with Gasteiger partial charge < -0.3 is 14.7 Å². The molecule has 0 amide bonds. The van der Waals surface area contributed by atoms with Crippen LogP contribution in [-0.2, 0) is 4.57 Å². The number of hydrogen-bond donors (Lipinski definition) is 3. The predicted octanol–water partition coefficient (Wildman–Crippen LogP) is -0.198. The molecule has 0 unspecified atom stereocenters. The van der Waals surface area contributed by atoms with E-state index in [-0.39, 0.29) is 21.7 Å². The molecule has 7 heavy (non-hydrogen) atoms. The first-order valence-electron chi connectivity index (χ1n) is 0.783. The van der Waals surface area contributed by atoms with Crippen LogP contribution >= 0.6 is 24.8 Å². The SMILES string of the molecule is Br.F.O=P(O)(O)O. The highest BCUT2D eigenvalue weighted by Gasteiger charge is 2.00. The molecule has 0 fully saturated rings. The van der Waals surface area contributed by atoms with Crippen LogP contribution in [0.4, 0.5) is 4.70 Å². The van der Waals surface area contributed by atoms with Crippen molar-refractivity contribution in [2.45, 2.75) is 0 Å². The molecule has 0 aromatic heterocycles. The molecule has 7 heteroatoms. The van der Waals surface area contributed by atoms with Gasteiger partial charge in [0.15, 0.2) is 0 Å². The van der Waals surface area contributed by atoms with Crippen molar-refractivity contribution < 1.29 is 23.9 Å². The summed E-state index contributed by atoms with van der Waals surface area (Å²) in [6, 6.07) is 0. The van der Waals surface area contributed by atoms with Gasteiger partial charge in [-0.2, -0.15) is 0 Å². The second-order valence-corrected chi connectivity index (χ2v) is 1.54. The van der Waals surface area contributed by atoms with Crippen molar-refractivity contribution in [3.05, 3.63) is 0 Å². The van der Waals surface area contributed by atoms with Crippen LogP contribution in [0.5, 0.6) is 0 Å². The summed E-state index contributed by atoms with van der Waals surface area (Å²) in [7, 11) is -4.64. The first-order valence-corrected chi connectivity index (χ1v) is 2.35. The smallest absolute Gasteiger partial charge is 0.303 e. The normalized spacial score (nSPS) is 8.43. The highest BCUT2D eigenvalue weighted by atomic mass is 79.9. The maximum atomic E-state index is 8.88. The van der Waals surface area contributed by atoms with Gasteiger partial charge in [-0.25, -0.2) is 4.57 Å². The van der Waals surface area contributed by atoms with E-state index < -0.39 is 7.82 Å². The molecule has 0 radical (unpaired) electrons. The van der Waals surface area contributed by atoms with Gasteiger partial charge in [0.2, 0.25) is 0 Å². The number of hydrogen-bond acceptors (Lipinski definition) is 1. The molecule has 48 valence electrons. The minimum atomic E-state index is -4.64. The predicted molar refractivity (Wildman–Crippen MR) is 27.1 cm³/mol. The summed E-state index contributed by atoms with van der Waals surface area (Å²) in [6.45, 7) is 0. The van der Waals surface area contributed by atoms with Crippen LogP contribution in [0.1, 0.15) is 0 Å². The fourth-order valence-corrected chi connectivity index (χ4v) is 0. The lowest BCUT2D eigenvalue weighted by molar-refractivity contribution is 0.275. The van der Waals surface area contributed by atoms with E-state index in [1.165, 1.54) is 0 Å². The maximum Gasteiger partial charge on any atom is 0.466 e. The fourth-order valence-electron chi connectivity index (χ4n) is 0. The Morgan fingerprint density at radius 2 is 1.14 bits per heavy atom. The van der Waals surface area contributed by atoms with E-state index in [1.54, 1.807) is 0 Å². The van der Waals surface area contributed by atoms with E-state index in [2.05, 4.69) is 0 Å². The lowest BCUT2D eigenvalue weighted by Gasteiger charge is -1.82. The van der Waals surface area contributed by atoms with E-state index in [9.17, 15) is 0 Å². The van der Waals surface area contributed by atoms with Crippen molar-refractivity contribution in [3.63, 3.8) is 0 Å². The molecule has 0 aromatic rings. The van der Waals surface area contributed by atoms with E-state index in [0.29, 0.717) is 0 Å². The minimum Gasteiger partial charge on any atom is -0.303 e. The van der Waals surface area contributed by atoms with Gasteiger partial charge in [-0.1, -0.05) is 0 Å². The fraction of sp³-hybridized carbons (Fsp3) is 0. The van der Waals surface area contributed by atoms with Gasteiger partial charge >= 0.3 is 7.82 Å². The molecular formula is H5BrFO4P. The Bertz CT molecular complexity index is 57.8. The molecule has 0 saturated heterocycles. The summed E-state index contributed by atoms with van der Waals surface area (Å²) in [4.78, 5) is 21.6. The summed E-state index contributed by atoms with van der Waals surface area (Å²) >= 11 is 0. The van der Waals surface area contributed by atoms with Crippen molar-refractivity contribution in [1.82, 2.24) is 0 Å². The number of phosphoric acid groups is 1. The molecule has 0 heterocycles. The first-order chi connectivity index (χ1) is 2.00. The molecule has 0 spiro atoms. The molecule has 3 N–H and O–H groups in total. The summed E-state index contributed by atoms with van der Waals surface area (Å²) in [5, 5.41) is 0. The lowest BCUT2D eigenvalue weighted by Crippen LogP contribution is -1.66. The Kier molecular flexibility index (Phi) is 10.4. The number of halogens is 2. The van der Waals surface area contributed by atoms with Crippen LogP contribution in [0, 0.1) is 0 Å². The topological polar surface area (TPSA) is 77.8 Å². The van der Waals surface area contributed by atoms with Crippen LogP contribution in [0.2, 0.25) is 0 Å². The van der Waals surface area contributed by atoms with Crippen LogP contribution in [0.15, 0.2) is 0 Å². The molecule has 0 aliphatic rings. The standard InChI is InChI=1S/BrH.FH.H3O4P/c;;1-5(2,3)4/h2*1H;(H3,1,2,3,4). The Morgan fingerprint density at radius 3 is 1.14 bits per heavy atom. The third-order valence-electron chi connectivity index (χ3n) is 0. The third kappa shape index (κ3) is 493. The Morgan fingerprint density at radius 1 is 1.14 bits per heavy atom. The van der Waals surface area contributed by atoms with Crippen molar-refractivity contribution in [2.75, 3.05) is 0 Å². The van der Waals surface area contributed by atoms with Gasteiger partial charge in [-0.15, -0.1) is 17.0 Å². The van der Waals surface area contributed by atoms with Gasteiger partial charge in [-0.05, 0) is 0 Å². The monoisotopic (exact) mass is 198 g/mol. The minimum absolute atomic E-state index is 0. The molecule has 4 nitrogen and oxygen atoms in total. The van der Waals surface area contributed by atoms with Crippen LogP contribution in [-0.4, -0.2) is 14.7 Å². The van der Waals surface area contributed by atoms with E-state index in [4.69, 9.17) is 19.2 Å². The van der Waals surface area contributed by atoms with Crippen LogP contribution < -0.4 is 0 Å². The van der Waals surface area contributed by atoms with Gasteiger partial charge in [0.05, 0.1) is 0 Å². The Labute approximate surface area is 49.5 Å². The zero-order chi connectivity index (χ0) is 4.50. The summed E-state index contributed by atoms with van der Waals surface area (Å²) < 4.78 is 8.88. The molecular weight excluding hydrogens is 194 g/mol. The van der Waals surface area contributed by atoms with Crippen molar-refractivity contribution in [1.29, 1.82) is 0 Å². The van der Waals surface area contributed by atoms with Gasteiger partial charge in [0, 0.05) is 0 Å². The average Bonchev–Trinajstić information content (AvgIpc) is 0.722. The zero-order valence-electron chi connectivity index (χ0n) is 3.01. The molecule has 0 atom stereocenters. The zero-order valence-corrected chi connectivity index (χ0v) is 5.62. The van der Waals surface area contributed by atoms with Crippen molar-refractivity contribution in [3.8, 4) is 0 Å². The quantitative estimate of drug-likeness (QED) is 0.472. The molecule has 0 aromatic carbocycles. The van der Waals surface area contributed by atoms with Crippen molar-refractivity contribution in [2.24, 2.45) is 0 Å². The van der Waals surface area contributed by atoms with Crippen molar-refractivity contribution >= 4 is 24.8 Å². The largest absolute Gasteiger partial charge is 0.466 e. The summed E-state index contributed by atoms with van der Waals surface area (Å²) in [5.41, 5.74) is 0. The molecule has 0 rings (SSSR count). The lowest BCUT2D eigenvalue weighted by atomic mass is 15.8. The molecule has 0 aliphatic carbocycles. The number of rotatable bonds is 0. The van der Waals surface area contributed by atoms with Crippen LogP contribution in [0.3, 0.4) is 0 Å². The maximum absolute atomic E-state index is 8.88. The molecule has 0 bridgehead atoms. The van der Waals surface area contributed by atoms with Gasteiger partial charge in [0.25, 0.3) is 0 Å². The summed E-state index contributed by atoms with van der Waals surface area (Å²) in [5.74, 6) is 0. The van der Waals surface area contributed by atoms with Gasteiger partial charge in [-0.3, -0.25) is 4.70 Å². The van der Waals surface area contributed by atoms with Crippen LogP contribution in [0.25, 0.3) is 0 Å². The first kappa shape index (κ1) is 15.6. The van der Waals surface area contributed by atoms with Gasteiger partial charge in [0.1, 0.15) is 0 Å². The molecule has 0 aliphatic heterocycles. The second kappa shape index (κ2) is 4.67.